The molecule has 4 rings (SSSR count). The summed E-state index contributed by atoms with van der Waals surface area (Å²) in [6.07, 6.45) is 3.53. The van der Waals surface area contributed by atoms with Crippen molar-refractivity contribution in [1.29, 1.82) is 0 Å². The van der Waals surface area contributed by atoms with Crippen LogP contribution in [0.4, 0.5) is 0 Å². The van der Waals surface area contributed by atoms with E-state index in [4.69, 9.17) is 11.6 Å². The predicted molar refractivity (Wildman–Crippen MR) is 147 cm³/mol. The largest absolute Gasteiger partial charge is 0.308 e. The maximum absolute atomic E-state index is 6.07. The second-order valence-corrected chi connectivity index (χ2v) is 10.5. The number of aryl methyl sites for hydroxylation is 1. The lowest BCUT2D eigenvalue weighted by Crippen LogP contribution is -2.46. The molecule has 0 spiro atoms. The van der Waals surface area contributed by atoms with Crippen molar-refractivity contribution in [2.75, 3.05) is 19.6 Å². The Kier molecular flexibility index (Phi) is 8.83. The molecule has 0 aromatic heterocycles. The van der Waals surface area contributed by atoms with E-state index in [-0.39, 0.29) is 0 Å². The Labute approximate surface area is 211 Å². The summed E-state index contributed by atoms with van der Waals surface area (Å²) >= 11 is 6.07. The van der Waals surface area contributed by atoms with Crippen LogP contribution in [0.1, 0.15) is 56.2 Å². The van der Waals surface area contributed by atoms with Gasteiger partial charge < -0.3 is 10.2 Å². The number of nitrogens with zero attached hydrogens (tertiary/aromatic N) is 1. The smallest absolute Gasteiger partial charge is 0.0406 e. The van der Waals surface area contributed by atoms with Crippen molar-refractivity contribution in [3.05, 3.63) is 94.5 Å². The van der Waals surface area contributed by atoms with Gasteiger partial charge in [-0.15, -0.1) is 0 Å². The molecule has 3 aromatic carbocycles. The maximum atomic E-state index is 6.07. The van der Waals surface area contributed by atoms with Gasteiger partial charge in [-0.25, -0.2) is 0 Å². The van der Waals surface area contributed by atoms with Gasteiger partial charge in [-0.3, -0.25) is 0 Å². The summed E-state index contributed by atoms with van der Waals surface area (Å²) in [4.78, 5) is 2.65. The fourth-order valence-corrected chi connectivity index (χ4v) is 5.18. The number of nitrogens with one attached hydrogen (secondary N) is 1. The molecule has 34 heavy (non-hydrogen) atoms. The van der Waals surface area contributed by atoms with Crippen LogP contribution in [0, 0.1) is 5.92 Å². The monoisotopic (exact) mass is 474 g/mol. The summed E-state index contributed by atoms with van der Waals surface area (Å²) in [6.45, 7) is 11.2. The first-order valence-corrected chi connectivity index (χ1v) is 13.3. The highest BCUT2D eigenvalue weighted by Gasteiger charge is 2.24. The minimum absolute atomic E-state index is 0.485. The molecule has 1 saturated heterocycles. The summed E-state index contributed by atoms with van der Waals surface area (Å²) in [5.74, 6) is 1.26. The third-order valence-corrected chi connectivity index (χ3v) is 7.60. The molecule has 2 nitrogen and oxygen atoms in total. The van der Waals surface area contributed by atoms with Gasteiger partial charge in [0.15, 0.2) is 0 Å². The average molecular weight is 475 g/mol. The first kappa shape index (κ1) is 25.0. The highest BCUT2D eigenvalue weighted by Crippen LogP contribution is 2.29. The topological polar surface area (TPSA) is 15.3 Å². The highest BCUT2D eigenvalue weighted by molar-refractivity contribution is 6.30. The fraction of sp³-hybridized carbons (Fsp3) is 0.419. The van der Waals surface area contributed by atoms with Gasteiger partial charge in [-0.2, -0.15) is 0 Å². The van der Waals surface area contributed by atoms with Crippen LogP contribution in [0.2, 0.25) is 5.02 Å². The molecular formula is C31H39ClN2. The van der Waals surface area contributed by atoms with Gasteiger partial charge in [0.2, 0.25) is 0 Å². The van der Waals surface area contributed by atoms with Gasteiger partial charge in [0.25, 0.3) is 0 Å². The zero-order valence-corrected chi connectivity index (χ0v) is 21.7. The Morgan fingerprint density at radius 2 is 1.50 bits per heavy atom. The summed E-state index contributed by atoms with van der Waals surface area (Å²) in [5, 5.41) is 4.70. The summed E-state index contributed by atoms with van der Waals surface area (Å²) in [6, 6.07) is 26.9. The molecule has 0 aliphatic carbocycles. The normalized spacial score (nSPS) is 16.1. The zero-order chi connectivity index (χ0) is 23.9. The molecular weight excluding hydrogens is 436 g/mol. The van der Waals surface area contributed by atoms with Crippen LogP contribution >= 0.6 is 11.6 Å². The minimum atomic E-state index is 0.485. The molecule has 1 aliphatic heterocycles. The molecule has 0 unspecified atom stereocenters. The van der Waals surface area contributed by atoms with Gasteiger partial charge in [0, 0.05) is 24.2 Å². The van der Waals surface area contributed by atoms with Gasteiger partial charge in [-0.1, -0.05) is 87.0 Å². The van der Waals surface area contributed by atoms with Crippen molar-refractivity contribution in [2.24, 2.45) is 5.92 Å². The van der Waals surface area contributed by atoms with E-state index in [1.54, 1.807) is 0 Å². The summed E-state index contributed by atoms with van der Waals surface area (Å²) < 4.78 is 0. The minimum Gasteiger partial charge on any atom is -0.308 e. The number of hydrogen-bond acceptors (Lipinski definition) is 2. The molecule has 3 heteroatoms. The molecule has 1 atom stereocenters. The average Bonchev–Trinajstić information content (AvgIpc) is 2.87. The second kappa shape index (κ2) is 12.0. The standard InChI is InChI=1S/C31H39ClN2/c1-4-24-7-5-9-28(19-24)29-10-6-8-25(20-29)21-33-31(23(2)3)22-34-17-15-27(16-18-34)26-11-13-30(32)14-12-26/h5-14,19-20,23,27,31,33H,4,15-18,21-22H2,1-3H3/t31-/m0/s1. The molecule has 180 valence electrons. The van der Waals surface area contributed by atoms with E-state index in [2.05, 4.69) is 91.7 Å². The van der Waals surface area contributed by atoms with E-state index in [1.807, 2.05) is 12.1 Å². The van der Waals surface area contributed by atoms with Crippen molar-refractivity contribution < 1.29 is 0 Å². The second-order valence-electron chi connectivity index (χ2n) is 10.1. The lowest BCUT2D eigenvalue weighted by Gasteiger charge is -2.36. The van der Waals surface area contributed by atoms with Crippen molar-refractivity contribution in [3.8, 4) is 11.1 Å². The summed E-state index contributed by atoms with van der Waals surface area (Å²) in [5.41, 5.74) is 6.80. The van der Waals surface area contributed by atoms with Gasteiger partial charge in [0.05, 0.1) is 0 Å². The number of rotatable bonds is 9. The van der Waals surface area contributed by atoms with Crippen LogP contribution in [0.3, 0.4) is 0 Å². The lowest BCUT2D eigenvalue weighted by atomic mass is 9.89. The van der Waals surface area contributed by atoms with E-state index < -0.39 is 0 Å². The van der Waals surface area contributed by atoms with Gasteiger partial charge in [0.1, 0.15) is 0 Å². The molecule has 1 fully saturated rings. The maximum Gasteiger partial charge on any atom is 0.0406 e. The number of benzene rings is 3. The third-order valence-electron chi connectivity index (χ3n) is 7.35. The number of hydrogen-bond donors (Lipinski definition) is 1. The number of halogens is 1. The fourth-order valence-electron chi connectivity index (χ4n) is 5.05. The van der Waals surface area contributed by atoms with Crippen LogP contribution in [-0.4, -0.2) is 30.6 Å². The lowest BCUT2D eigenvalue weighted by molar-refractivity contribution is 0.175. The van der Waals surface area contributed by atoms with Crippen molar-refractivity contribution in [2.45, 2.75) is 58.5 Å². The van der Waals surface area contributed by atoms with E-state index >= 15 is 0 Å². The Morgan fingerprint density at radius 3 is 2.12 bits per heavy atom. The summed E-state index contributed by atoms with van der Waals surface area (Å²) in [7, 11) is 0. The molecule has 1 aliphatic rings. The van der Waals surface area contributed by atoms with Gasteiger partial charge >= 0.3 is 0 Å². The Hall–Kier alpha value is -2.13. The first-order valence-electron chi connectivity index (χ1n) is 12.9. The predicted octanol–water partition coefficient (Wildman–Crippen LogP) is 7.56. The van der Waals surface area contributed by atoms with E-state index in [1.165, 1.54) is 53.7 Å². The molecule has 0 bridgehead atoms. The third kappa shape index (κ3) is 6.72. The van der Waals surface area contributed by atoms with Crippen LogP contribution < -0.4 is 5.32 Å². The molecule has 0 amide bonds. The van der Waals surface area contributed by atoms with Crippen molar-refractivity contribution in [3.63, 3.8) is 0 Å². The number of piperidine rings is 1. The molecule has 1 N–H and O–H groups in total. The Morgan fingerprint density at radius 1 is 0.882 bits per heavy atom. The van der Waals surface area contributed by atoms with Crippen LogP contribution in [0.15, 0.2) is 72.8 Å². The first-order chi connectivity index (χ1) is 16.5. The zero-order valence-electron chi connectivity index (χ0n) is 20.9. The molecule has 3 aromatic rings. The highest BCUT2D eigenvalue weighted by atomic mass is 35.5. The van der Waals surface area contributed by atoms with Gasteiger partial charge in [-0.05, 0) is 90.2 Å². The molecule has 0 radical (unpaired) electrons. The van der Waals surface area contributed by atoms with Crippen LogP contribution in [0.25, 0.3) is 11.1 Å². The van der Waals surface area contributed by atoms with Crippen LogP contribution in [0.5, 0.6) is 0 Å². The quantitative estimate of drug-likeness (QED) is 0.344. The van der Waals surface area contributed by atoms with Crippen LogP contribution in [-0.2, 0) is 13.0 Å². The van der Waals surface area contributed by atoms with E-state index in [0.717, 1.165) is 24.5 Å². The van der Waals surface area contributed by atoms with E-state index in [0.29, 0.717) is 17.9 Å². The molecule has 1 heterocycles. The molecule has 0 saturated carbocycles. The number of likely N-dealkylation sites (tertiary alicyclic amines) is 1. The SMILES string of the molecule is CCc1cccc(-c2cccc(CN[C@@H](CN3CCC(c4ccc(Cl)cc4)CC3)C(C)C)c2)c1. The van der Waals surface area contributed by atoms with Crippen molar-refractivity contribution >= 4 is 11.6 Å². The Balaban J connectivity index is 1.32. The van der Waals surface area contributed by atoms with Crippen molar-refractivity contribution in [1.82, 2.24) is 10.2 Å². The Bertz CT molecular complexity index is 1040. The van der Waals surface area contributed by atoms with E-state index in [9.17, 15) is 0 Å².